The van der Waals surface area contributed by atoms with E-state index in [1.165, 1.54) is 5.56 Å². The first-order chi connectivity index (χ1) is 5.29. The molecule has 0 saturated heterocycles. The second kappa shape index (κ2) is 2.26. The van der Waals surface area contributed by atoms with Crippen LogP contribution in [0.2, 0.25) is 0 Å². The summed E-state index contributed by atoms with van der Waals surface area (Å²) in [4.78, 5) is 0. The smallest absolute Gasteiger partial charge is 0.236 e. The fraction of sp³-hybridized carbons (Fsp3) is 0.625. The van der Waals surface area contributed by atoms with E-state index in [9.17, 15) is 0 Å². The Bertz CT molecular complexity index is 267. The molecule has 0 amide bonds. The van der Waals surface area contributed by atoms with Crippen molar-refractivity contribution in [3.05, 3.63) is 11.3 Å². The van der Waals surface area contributed by atoms with Gasteiger partial charge in [-0.2, -0.15) is 0 Å². The zero-order chi connectivity index (χ0) is 7.84. The van der Waals surface area contributed by atoms with Crippen LogP contribution in [-0.2, 0) is 0 Å². The molecule has 1 aliphatic heterocycles. The third kappa shape index (κ3) is 0.914. The van der Waals surface area contributed by atoms with E-state index in [0.717, 1.165) is 24.6 Å². The summed E-state index contributed by atoms with van der Waals surface area (Å²) < 4.78 is 5.37. The van der Waals surface area contributed by atoms with Crippen LogP contribution < -0.4 is 4.74 Å². The maximum Gasteiger partial charge on any atom is 0.236 e. The molecule has 0 saturated carbocycles. The van der Waals surface area contributed by atoms with Gasteiger partial charge in [0.2, 0.25) is 5.88 Å². The number of nitrogens with zero attached hydrogens (tertiary/aromatic N) is 1. The van der Waals surface area contributed by atoms with Crippen molar-refractivity contribution < 1.29 is 4.74 Å². The van der Waals surface area contributed by atoms with Gasteiger partial charge in [0.25, 0.3) is 0 Å². The number of ether oxygens (including phenoxy) is 1. The van der Waals surface area contributed by atoms with Crippen molar-refractivity contribution in [1.82, 2.24) is 10.2 Å². The maximum absolute atomic E-state index is 5.37. The number of rotatable bonds is 0. The highest BCUT2D eigenvalue weighted by atomic mass is 16.5. The van der Waals surface area contributed by atoms with E-state index >= 15 is 0 Å². The molecular weight excluding hydrogens is 140 g/mol. The molecule has 1 aromatic rings. The molecule has 60 valence electrons. The summed E-state index contributed by atoms with van der Waals surface area (Å²) in [5.74, 6) is 1.40. The second-order valence-electron chi connectivity index (χ2n) is 3.11. The quantitative estimate of drug-likeness (QED) is 0.613. The molecule has 0 fully saturated rings. The van der Waals surface area contributed by atoms with Crippen molar-refractivity contribution in [1.29, 1.82) is 0 Å². The fourth-order valence-corrected chi connectivity index (χ4v) is 1.58. The van der Waals surface area contributed by atoms with Crippen molar-refractivity contribution in [2.75, 3.05) is 6.61 Å². The minimum Gasteiger partial charge on any atom is -0.476 e. The summed E-state index contributed by atoms with van der Waals surface area (Å²) in [5.41, 5.74) is 2.41. The lowest BCUT2D eigenvalue weighted by atomic mass is 9.97. The monoisotopic (exact) mass is 152 g/mol. The van der Waals surface area contributed by atoms with Crippen LogP contribution in [0.3, 0.4) is 0 Å². The second-order valence-corrected chi connectivity index (χ2v) is 3.11. The Morgan fingerprint density at radius 2 is 2.45 bits per heavy atom. The van der Waals surface area contributed by atoms with Crippen LogP contribution in [0.25, 0.3) is 0 Å². The molecular formula is C8H12N2O. The van der Waals surface area contributed by atoms with Crippen LogP contribution in [0.15, 0.2) is 0 Å². The molecule has 3 nitrogen and oxygen atoms in total. The van der Waals surface area contributed by atoms with Gasteiger partial charge in [0, 0.05) is 11.3 Å². The lowest BCUT2D eigenvalue weighted by Crippen LogP contribution is -2.11. The summed E-state index contributed by atoms with van der Waals surface area (Å²) in [6.45, 7) is 5.05. The topological polar surface area (TPSA) is 37.9 Å². The Balaban J connectivity index is 2.48. The first-order valence-electron chi connectivity index (χ1n) is 3.96. The van der Waals surface area contributed by atoms with E-state index in [2.05, 4.69) is 17.1 Å². The van der Waals surface area contributed by atoms with Crippen molar-refractivity contribution in [2.45, 2.75) is 26.2 Å². The van der Waals surface area contributed by atoms with Crippen molar-refractivity contribution in [2.24, 2.45) is 0 Å². The minimum atomic E-state index is 0.595. The van der Waals surface area contributed by atoms with Gasteiger partial charge in [-0.25, -0.2) is 0 Å². The molecule has 11 heavy (non-hydrogen) atoms. The van der Waals surface area contributed by atoms with Gasteiger partial charge in [-0.15, -0.1) is 5.10 Å². The number of aromatic nitrogens is 2. The van der Waals surface area contributed by atoms with Crippen molar-refractivity contribution >= 4 is 0 Å². The van der Waals surface area contributed by atoms with Gasteiger partial charge in [-0.05, 0) is 19.3 Å². The molecule has 0 radical (unpaired) electrons. The average molecular weight is 152 g/mol. The zero-order valence-corrected chi connectivity index (χ0v) is 6.85. The average Bonchev–Trinajstić information content (AvgIpc) is 2.34. The maximum atomic E-state index is 5.37. The molecule has 1 aromatic heterocycles. The zero-order valence-electron chi connectivity index (χ0n) is 6.85. The molecule has 1 unspecified atom stereocenters. The summed E-state index contributed by atoms with van der Waals surface area (Å²) in [6, 6.07) is 0. The van der Waals surface area contributed by atoms with E-state index in [4.69, 9.17) is 4.74 Å². The van der Waals surface area contributed by atoms with E-state index in [1.807, 2.05) is 6.92 Å². The van der Waals surface area contributed by atoms with Gasteiger partial charge >= 0.3 is 0 Å². The normalized spacial score (nSPS) is 22.5. The molecule has 1 aliphatic rings. The first kappa shape index (κ1) is 6.70. The molecule has 3 heteroatoms. The molecule has 2 rings (SSSR count). The SMILES string of the molecule is Cc1[nH]nc2c1C(C)CCO2. The van der Waals surface area contributed by atoms with Crippen LogP contribution in [0.1, 0.15) is 30.5 Å². The van der Waals surface area contributed by atoms with Gasteiger partial charge in [0.1, 0.15) is 0 Å². The van der Waals surface area contributed by atoms with Gasteiger partial charge in [-0.1, -0.05) is 6.92 Å². The molecule has 0 aliphatic carbocycles. The highest BCUT2D eigenvalue weighted by molar-refractivity contribution is 5.34. The highest BCUT2D eigenvalue weighted by Gasteiger charge is 2.22. The number of H-pyrrole nitrogens is 1. The van der Waals surface area contributed by atoms with E-state index in [0.29, 0.717) is 5.92 Å². The Labute approximate surface area is 65.8 Å². The van der Waals surface area contributed by atoms with Gasteiger partial charge < -0.3 is 4.74 Å². The third-order valence-electron chi connectivity index (χ3n) is 2.24. The summed E-state index contributed by atoms with van der Waals surface area (Å²) in [7, 11) is 0. The number of hydrogen-bond acceptors (Lipinski definition) is 2. The van der Waals surface area contributed by atoms with Crippen LogP contribution in [0, 0.1) is 6.92 Å². The summed E-state index contributed by atoms with van der Waals surface area (Å²) in [6.07, 6.45) is 1.10. The van der Waals surface area contributed by atoms with E-state index < -0.39 is 0 Å². The Morgan fingerprint density at radius 3 is 3.18 bits per heavy atom. The van der Waals surface area contributed by atoms with Crippen LogP contribution in [-0.4, -0.2) is 16.8 Å². The van der Waals surface area contributed by atoms with Crippen LogP contribution in [0.5, 0.6) is 5.88 Å². The Morgan fingerprint density at radius 1 is 1.64 bits per heavy atom. The standard InChI is InChI=1S/C8H12N2O/c1-5-3-4-11-8-7(5)6(2)9-10-8/h5H,3-4H2,1-2H3,(H,9,10). The number of aryl methyl sites for hydroxylation is 1. The lowest BCUT2D eigenvalue weighted by Gasteiger charge is -2.18. The predicted molar refractivity (Wildman–Crippen MR) is 41.9 cm³/mol. The predicted octanol–water partition coefficient (Wildman–Crippen LogP) is 1.60. The third-order valence-corrected chi connectivity index (χ3v) is 2.24. The Hall–Kier alpha value is -0.990. The molecule has 0 aromatic carbocycles. The van der Waals surface area contributed by atoms with Crippen LogP contribution >= 0.6 is 0 Å². The number of hydrogen-bond donors (Lipinski definition) is 1. The first-order valence-corrected chi connectivity index (χ1v) is 3.96. The Kier molecular flexibility index (Phi) is 1.37. The van der Waals surface area contributed by atoms with E-state index in [-0.39, 0.29) is 0 Å². The lowest BCUT2D eigenvalue weighted by molar-refractivity contribution is 0.262. The van der Waals surface area contributed by atoms with Crippen molar-refractivity contribution in [3.63, 3.8) is 0 Å². The van der Waals surface area contributed by atoms with Crippen LogP contribution in [0.4, 0.5) is 0 Å². The van der Waals surface area contributed by atoms with Gasteiger partial charge in [-0.3, -0.25) is 5.10 Å². The summed E-state index contributed by atoms with van der Waals surface area (Å²) in [5, 5.41) is 6.99. The van der Waals surface area contributed by atoms with E-state index in [1.54, 1.807) is 0 Å². The molecule has 2 heterocycles. The molecule has 1 atom stereocenters. The van der Waals surface area contributed by atoms with Gasteiger partial charge in [0.05, 0.1) is 6.61 Å². The highest BCUT2D eigenvalue weighted by Crippen LogP contribution is 2.33. The number of fused-ring (bicyclic) bond motifs is 1. The number of aromatic amines is 1. The minimum absolute atomic E-state index is 0.595. The number of nitrogens with one attached hydrogen (secondary N) is 1. The van der Waals surface area contributed by atoms with Crippen molar-refractivity contribution in [3.8, 4) is 5.88 Å². The van der Waals surface area contributed by atoms with Gasteiger partial charge in [0.15, 0.2) is 0 Å². The largest absolute Gasteiger partial charge is 0.476 e. The summed E-state index contributed by atoms with van der Waals surface area (Å²) >= 11 is 0. The molecule has 0 bridgehead atoms. The fourth-order valence-electron chi connectivity index (χ4n) is 1.58. The molecule has 0 spiro atoms. The molecule has 1 N–H and O–H groups in total.